The second-order valence-corrected chi connectivity index (χ2v) is 8.96. The van der Waals surface area contributed by atoms with Gasteiger partial charge in [0.2, 0.25) is 5.91 Å². The van der Waals surface area contributed by atoms with E-state index in [0.717, 1.165) is 36.1 Å². The summed E-state index contributed by atoms with van der Waals surface area (Å²) in [6.07, 6.45) is -2.34. The molecule has 0 spiro atoms. The van der Waals surface area contributed by atoms with E-state index in [4.69, 9.17) is 5.11 Å². The lowest BCUT2D eigenvalue weighted by Crippen LogP contribution is -2.36. The van der Waals surface area contributed by atoms with Gasteiger partial charge in [-0.05, 0) is 54.2 Å². The Bertz CT molecular complexity index is 1050. The van der Waals surface area contributed by atoms with Gasteiger partial charge in [0.1, 0.15) is 6.42 Å². The van der Waals surface area contributed by atoms with Crippen LogP contribution < -0.4 is 10.2 Å². The Kier molecular flexibility index (Phi) is 9.08. The van der Waals surface area contributed by atoms with Crippen molar-refractivity contribution in [2.24, 2.45) is 0 Å². The normalized spacial score (nSPS) is 15.2. The molecule has 1 aliphatic carbocycles. The SMILES string of the molecule is O=C(NCC(O)C(=O)O)c1ccc(CN(C(=O)CC(F)(F)F)c2ccc(C3CCCCC3)cc2)cc1. The van der Waals surface area contributed by atoms with E-state index < -0.39 is 43.0 Å². The number of anilines is 1. The number of benzene rings is 2. The number of nitrogens with zero attached hydrogens (tertiary/aromatic N) is 1. The van der Waals surface area contributed by atoms with Crippen molar-refractivity contribution in [3.05, 3.63) is 65.2 Å². The maximum Gasteiger partial charge on any atom is 0.397 e. The largest absolute Gasteiger partial charge is 0.479 e. The third-order valence-electron chi connectivity index (χ3n) is 6.23. The smallest absolute Gasteiger partial charge is 0.397 e. The summed E-state index contributed by atoms with van der Waals surface area (Å²) in [5, 5.41) is 20.2. The van der Waals surface area contributed by atoms with Gasteiger partial charge in [-0.1, -0.05) is 43.5 Å². The minimum absolute atomic E-state index is 0.128. The monoisotopic (exact) mass is 506 g/mol. The molecule has 10 heteroatoms. The predicted molar refractivity (Wildman–Crippen MR) is 127 cm³/mol. The molecule has 7 nitrogen and oxygen atoms in total. The van der Waals surface area contributed by atoms with Crippen LogP contribution in [-0.2, 0) is 16.1 Å². The van der Waals surface area contributed by atoms with Gasteiger partial charge in [-0.15, -0.1) is 0 Å². The average Bonchev–Trinajstić information content (AvgIpc) is 2.85. The molecule has 0 aliphatic heterocycles. The van der Waals surface area contributed by atoms with Crippen molar-refractivity contribution in [2.75, 3.05) is 11.4 Å². The Morgan fingerprint density at radius 3 is 2.14 bits per heavy atom. The molecule has 3 N–H and O–H groups in total. The van der Waals surface area contributed by atoms with Crippen LogP contribution >= 0.6 is 0 Å². The summed E-state index contributed by atoms with van der Waals surface area (Å²) < 4.78 is 39.0. The van der Waals surface area contributed by atoms with Crippen LogP contribution in [0.5, 0.6) is 0 Å². The number of hydrogen-bond acceptors (Lipinski definition) is 4. The molecule has 1 fully saturated rings. The number of aliphatic hydroxyl groups is 1. The summed E-state index contributed by atoms with van der Waals surface area (Å²) >= 11 is 0. The molecule has 2 aromatic rings. The third-order valence-corrected chi connectivity index (χ3v) is 6.23. The minimum Gasteiger partial charge on any atom is -0.479 e. The van der Waals surface area contributed by atoms with Crippen molar-refractivity contribution in [2.45, 2.75) is 63.3 Å². The first kappa shape index (κ1) is 27.2. The second kappa shape index (κ2) is 12.0. The zero-order valence-electron chi connectivity index (χ0n) is 19.6. The van der Waals surface area contributed by atoms with Gasteiger partial charge in [0.05, 0.1) is 13.1 Å². The van der Waals surface area contributed by atoms with Crippen molar-refractivity contribution < 1.29 is 37.8 Å². The average molecular weight is 507 g/mol. The zero-order valence-corrected chi connectivity index (χ0v) is 19.6. The molecule has 0 radical (unpaired) electrons. The van der Waals surface area contributed by atoms with Crippen LogP contribution in [-0.4, -0.2) is 46.8 Å². The van der Waals surface area contributed by atoms with Crippen LogP contribution in [0.1, 0.15) is 65.9 Å². The molecule has 2 aromatic carbocycles. The molecule has 194 valence electrons. The van der Waals surface area contributed by atoms with E-state index in [1.165, 1.54) is 30.7 Å². The van der Waals surface area contributed by atoms with E-state index in [2.05, 4.69) is 5.32 Å². The molecule has 1 atom stereocenters. The minimum atomic E-state index is -4.65. The number of nitrogens with one attached hydrogen (secondary N) is 1. The molecule has 1 aliphatic rings. The van der Waals surface area contributed by atoms with Crippen molar-refractivity contribution in [1.82, 2.24) is 5.32 Å². The first-order chi connectivity index (χ1) is 17.0. The Balaban J connectivity index is 1.74. The second-order valence-electron chi connectivity index (χ2n) is 8.96. The zero-order chi connectivity index (χ0) is 26.3. The van der Waals surface area contributed by atoms with Crippen molar-refractivity contribution in [1.29, 1.82) is 0 Å². The van der Waals surface area contributed by atoms with E-state index >= 15 is 0 Å². The van der Waals surface area contributed by atoms with E-state index in [1.54, 1.807) is 12.1 Å². The molecular formula is C26H29F3N2O5. The number of aliphatic carboxylic acids is 1. The summed E-state index contributed by atoms with van der Waals surface area (Å²) in [4.78, 5) is 36.5. The van der Waals surface area contributed by atoms with Crippen LogP contribution in [0, 0.1) is 0 Å². The Labute approximate surface area is 206 Å². The van der Waals surface area contributed by atoms with E-state index in [0.29, 0.717) is 17.2 Å². The van der Waals surface area contributed by atoms with Crippen LogP contribution in [0.3, 0.4) is 0 Å². The maximum atomic E-state index is 13.0. The molecule has 1 saturated carbocycles. The number of aliphatic hydroxyl groups excluding tert-OH is 1. The number of carboxylic acids is 1. The molecule has 3 rings (SSSR count). The van der Waals surface area contributed by atoms with Gasteiger partial charge in [0, 0.05) is 11.3 Å². The van der Waals surface area contributed by atoms with Crippen LogP contribution in [0.15, 0.2) is 48.5 Å². The maximum absolute atomic E-state index is 13.0. The Hall–Kier alpha value is -3.40. The van der Waals surface area contributed by atoms with Crippen molar-refractivity contribution >= 4 is 23.5 Å². The highest BCUT2D eigenvalue weighted by atomic mass is 19.4. The number of alkyl halides is 3. The van der Waals surface area contributed by atoms with E-state index in [-0.39, 0.29) is 12.1 Å². The summed E-state index contributed by atoms with van der Waals surface area (Å²) in [7, 11) is 0. The van der Waals surface area contributed by atoms with Gasteiger partial charge in [0.15, 0.2) is 6.10 Å². The number of amides is 2. The molecule has 0 saturated heterocycles. The number of carbonyl (C=O) groups is 3. The van der Waals surface area contributed by atoms with Gasteiger partial charge >= 0.3 is 12.1 Å². The predicted octanol–water partition coefficient (Wildman–Crippen LogP) is 4.40. The third kappa shape index (κ3) is 7.81. The van der Waals surface area contributed by atoms with Crippen molar-refractivity contribution in [3.63, 3.8) is 0 Å². The van der Waals surface area contributed by atoms with Gasteiger partial charge in [-0.2, -0.15) is 13.2 Å². The van der Waals surface area contributed by atoms with Gasteiger partial charge in [-0.25, -0.2) is 4.79 Å². The quantitative estimate of drug-likeness (QED) is 0.468. The highest BCUT2D eigenvalue weighted by Crippen LogP contribution is 2.34. The van der Waals surface area contributed by atoms with Gasteiger partial charge in [-0.3, -0.25) is 9.59 Å². The first-order valence-electron chi connectivity index (χ1n) is 11.8. The number of carboxylic acid groups (broad SMARTS) is 1. The molecule has 2 amide bonds. The molecular weight excluding hydrogens is 477 g/mol. The number of halogens is 3. The lowest BCUT2D eigenvalue weighted by atomic mass is 9.84. The number of rotatable bonds is 9. The van der Waals surface area contributed by atoms with Gasteiger partial charge in [0.25, 0.3) is 5.91 Å². The molecule has 36 heavy (non-hydrogen) atoms. The lowest BCUT2D eigenvalue weighted by Gasteiger charge is -2.26. The lowest BCUT2D eigenvalue weighted by molar-refractivity contribution is -0.152. The van der Waals surface area contributed by atoms with Crippen LogP contribution in [0.4, 0.5) is 18.9 Å². The molecule has 1 unspecified atom stereocenters. The van der Waals surface area contributed by atoms with Crippen LogP contribution in [0.2, 0.25) is 0 Å². The van der Waals surface area contributed by atoms with Gasteiger partial charge < -0.3 is 20.4 Å². The molecule has 0 bridgehead atoms. The standard InChI is InChI=1S/C26H29F3N2O5/c27-26(28,29)14-23(33)31(21-12-10-19(11-13-21)18-4-2-1-3-5-18)16-17-6-8-20(9-7-17)24(34)30-15-22(32)25(35)36/h6-13,18,22,32H,1-5,14-16H2,(H,30,34)(H,35,36). The Morgan fingerprint density at radius 2 is 1.58 bits per heavy atom. The summed E-state index contributed by atoms with van der Waals surface area (Å²) in [5.74, 6) is -2.76. The van der Waals surface area contributed by atoms with Crippen molar-refractivity contribution in [3.8, 4) is 0 Å². The molecule has 0 heterocycles. The van der Waals surface area contributed by atoms with Crippen LogP contribution in [0.25, 0.3) is 0 Å². The van der Waals surface area contributed by atoms with E-state index in [1.807, 2.05) is 12.1 Å². The highest BCUT2D eigenvalue weighted by Gasteiger charge is 2.34. The fraction of sp³-hybridized carbons (Fsp3) is 0.423. The highest BCUT2D eigenvalue weighted by molar-refractivity contribution is 5.95. The summed E-state index contributed by atoms with van der Waals surface area (Å²) in [5.41, 5.74) is 2.14. The fourth-order valence-electron chi connectivity index (χ4n) is 4.28. The summed E-state index contributed by atoms with van der Waals surface area (Å²) in [6, 6.07) is 12.9. The Morgan fingerprint density at radius 1 is 0.972 bits per heavy atom. The first-order valence-corrected chi connectivity index (χ1v) is 11.8. The summed E-state index contributed by atoms with van der Waals surface area (Å²) in [6.45, 7) is -0.607. The van der Waals surface area contributed by atoms with E-state index in [9.17, 15) is 32.7 Å². The number of hydrogen-bond donors (Lipinski definition) is 3. The topological polar surface area (TPSA) is 107 Å². The fourth-order valence-corrected chi connectivity index (χ4v) is 4.28. The number of carbonyl (C=O) groups excluding carboxylic acids is 2. The molecule has 0 aromatic heterocycles.